The van der Waals surface area contributed by atoms with Gasteiger partial charge in [-0.05, 0) is 51.9 Å². The van der Waals surface area contributed by atoms with Gasteiger partial charge >= 0.3 is 0 Å². The molecule has 0 radical (unpaired) electrons. The van der Waals surface area contributed by atoms with Gasteiger partial charge in [0.15, 0.2) is 0 Å². The van der Waals surface area contributed by atoms with Gasteiger partial charge in [-0.2, -0.15) is 0 Å². The van der Waals surface area contributed by atoms with Crippen LogP contribution in [0.2, 0.25) is 5.02 Å². The van der Waals surface area contributed by atoms with Gasteiger partial charge in [0.1, 0.15) is 5.82 Å². The average Bonchev–Trinajstić information content (AvgIpc) is 2.39. The Kier molecular flexibility index (Phi) is 4.49. The molecule has 2 rings (SSSR count). The first-order valence-corrected chi connectivity index (χ1v) is 7.19. The summed E-state index contributed by atoms with van der Waals surface area (Å²) in [6.07, 6.45) is 2.65. The smallest absolute Gasteiger partial charge is 0.130 e. The predicted molar refractivity (Wildman–Crippen MR) is 75.9 cm³/mol. The maximum Gasteiger partial charge on any atom is 0.130 e. The van der Waals surface area contributed by atoms with Crippen LogP contribution in [0.5, 0.6) is 0 Å². The van der Waals surface area contributed by atoms with E-state index < -0.39 is 17.5 Å². The molecule has 1 atom stereocenters. The van der Waals surface area contributed by atoms with Crippen LogP contribution in [0.3, 0.4) is 0 Å². The van der Waals surface area contributed by atoms with Crippen molar-refractivity contribution < 1.29 is 9.50 Å². The van der Waals surface area contributed by atoms with Gasteiger partial charge in [0.25, 0.3) is 0 Å². The summed E-state index contributed by atoms with van der Waals surface area (Å²) in [4.78, 5) is 2.25. The Labute approximate surface area is 119 Å². The highest BCUT2D eigenvalue weighted by Gasteiger charge is 2.37. The molecule has 0 aromatic heterocycles. The van der Waals surface area contributed by atoms with Crippen LogP contribution in [0.4, 0.5) is 4.39 Å². The lowest BCUT2D eigenvalue weighted by molar-refractivity contribution is -0.0225. The van der Waals surface area contributed by atoms with Crippen molar-refractivity contribution in [2.75, 3.05) is 13.1 Å². The van der Waals surface area contributed by atoms with Crippen LogP contribution in [0, 0.1) is 5.82 Å². The minimum Gasteiger partial charge on any atom is -0.386 e. The largest absolute Gasteiger partial charge is 0.386 e. The van der Waals surface area contributed by atoms with Crippen LogP contribution in [0.25, 0.3) is 0 Å². The third-order valence-corrected chi connectivity index (χ3v) is 4.33. The number of rotatable bonds is 3. The Morgan fingerprint density at radius 1 is 1.26 bits per heavy atom. The molecule has 1 saturated heterocycles. The highest BCUT2D eigenvalue weighted by atomic mass is 35.5. The first-order chi connectivity index (χ1) is 8.93. The second kappa shape index (κ2) is 5.78. The molecule has 0 spiro atoms. The van der Waals surface area contributed by atoms with E-state index in [1.54, 1.807) is 12.1 Å². The summed E-state index contributed by atoms with van der Waals surface area (Å²) in [7, 11) is 0. The van der Waals surface area contributed by atoms with E-state index in [2.05, 4.69) is 4.90 Å². The monoisotopic (exact) mass is 285 g/mol. The summed E-state index contributed by atoms with van der Waals surface area (Å²) >= 11 is 5.75. The second-order valence-electron chi connectivity index (χ2n) is 5.77. The van der Waals surface area contributed by atoms with E-state index in [1.807, 2.05) is 13.8 Å². The number of hydrogen-bond donors (Lipinski definition) is 1. The van der Waals surface area contributed by atoms with E-state index in [1.165, 1.54) is 12.5 Å². The number of hydrogen-bond acceptors (Lipinski definition) is 2. The van der Waals surface area contributed by atoms with Crippen LogP contribution in [0.15, 0.2) is 18.2 Å². The molecule has 1 aliphatic rings. The number of piperidine rings is 1. The highest BCUT2D eigenvalue weighted by Crippen LogP contribution is 2.34. The molecule has 1 aromatic carbocycles. The molecule has 1 aromatic rings. The highest BCUT2D eigenvalue weighted by molar-refractivity contribution is 6.30. The van der Waals surface area contributed by atoms with E-state index in [-0.39, 0.29) is 0 Å². The lowest BCUT2D eigenvalue weighted by atomic mass is 9.87. The molecule has 1 heterocycles. The van der Waals surface area contributed by atoms with Crippen LogP contribution >= 0.6 is 11.6 Å². The number of aliphatic hydroxyl groups excluding tert-OH is 1. The van der Waals surface area contributed by atoms with Crippen molar-refractivity contribution in [3.05, 3.63) is 34.6 Å². The van der Waals surface area contributed by atoms with Gasteiger partial charge in [-0.1, -0.05) is 24.1 Å². The molecule has 0 saturated carbocycles. The molecule has 106 valence electrons. The summed E-state index contributed by atoms with van der Waals surface area (Å²) in [5.41, 5.74) is -0.158. The van der Waals surface area contributed by atoms with Gasteiger partial charge in [-0.25, -0.2) is 4.39 Å². The fraction of sp³-hybridized carbons (Fsp3) is 0.600. The Morgan fingerprint density at radius 3 is 2.47 bits per heavy atom. The van der Waals surface area contributed by atoms with E-state index in [4.69, 9.17) is 11.6 Å². The zero-order valence-electron chi connectivity index (χ0n) is 11.5. The Morgan fingerprint density at radius 2 is 1.89 bits per heavy atom. The Hall–Kier alpha value is -0.640. The molecular formula is C15H21ClFNO. The lowest BCUT2D eigenvalue weighted by Crippen LogP contribution is -2.50. The van der Waals surface area contributed by atoms with Gasteiger partial charge in [0.05, 0.1) is 6.10 Å². The molecule has 2 nitrogen and oxygen atoms in total. The molecule has 0 amide bonds. The van der Waals surface area contributed by atoms with Gasteiger partial charge in [-0.15, -0.1) is 0 Å². The minimum absolute atomic E-state index is 0.319. The van der Waals surface area contributed by atoms with E-state index in [0.717, 1.165) is 25.9 Å². The third-order valence-electron chi connectivity index (χ3n) is 4.10. The standard InChI is InChI=1S/C15H21ClFNO/c1-15(2,18-8-4-3-5-9-18)14(19)12-7-6-11(16)10-13(12)17/h6-7,10,14,19H,3-5,8-9H2,1-2H3. The lowest BCUT2D eigenvalue weighted by Gasteiger charge is -2.44. The molecular weight excluding hydrogens is 265 g/mol. The van der Waals surface area contributed by atoms with E-state index >= 15 is 0 Å². The number of aliphatic hydroxyl groups is 1. The van der Waals surface area contributed by atoms with Crippen LogP contribution in [-0.4, -0.2) is 28.6 Å². The van der Waals surface area contributed by atoms with Crippen molar-refractivity contribution in [2.45, 2.75) is 44.8 Å². The van der Waals surface area contributed by atoms with Crippen molar-refractivity contribution in [1.82, 2.24) is 4.90 Å². The van der Waals surface area contributed by atoms with Crippen LogP contribution in [0.1, 0.15) is 44.8 Å². The summed E-state index contributed by atoms with van der Waals surface area (Å²) in [5, 5.41) is 10.9. The molecule has 0 aliphatic carbocycles. The zero-order chi connectivity index (χ0) is 14.0. The quantitative estimate of drug-likeness (QED) is 0.914. The van der Waals surface area contributed by atoms with E-state index in [0.29, 0.717) is 10.6 Å². The summed E-state index contributed by atoms with van der Waals surface area (Å²) in [6, 6.07) is 4.45. The average molecular weight is 286 g/mol. The van der Waals surface area contributed by atoms with Crippen molar-refractivity contribution >= 4 is 11.6 Å². The van der Waals surface area contributed by atoms with Crippen molar-refractivity contribution in [2.24, 2.45) is 0 Å². The number of nitrogens with zero attached hydrogens (tertiary/aromatic N) is 1. The van der Waals surface area contributed by atoms with Crippen molar-refractivity contribution in [3.8, 4) is 0 Å². The van der Waals surface area contributed by atoms with Gasteiger partial charge < -0.3 is 5.11 Å². The van der Waals surface area contributed by atoms with Crippen molar-refractivity contribution in [1.29, 1.82) is 0 Å². The molecule has 1 N–H and O–H groups in total. The minimum atomic E-state index is -0.858. The third kappa shape index (κ3) is 3.10. The summed E-state index contributed by atoms with van der Waals surface area (Å²) in [5.74, 6) is -0.440. The molecule has 0 bridgehead atoms. The van der Waals surface area contributed by atoms with Gasteiger partial charge in [-0.3, -0.25) is 4.90 Å². The zero-order valence-corrected chi connectivity index (χ0v) is 12.3. The summed E-state index contributed by atoms with van der Waals surface area (Å²) in [6.45, 7) is 5.85. The maximum absolute atomic E-state index is 13.9. The van der Waals surface area contributed by atoms with Crippen LogP contribution < -0.4 is 0 Å². The Balaban J connectivity index is 2.23. The molecule has 4 heteroatoms. The SMILES string of the molecule is CC(C)(C(O)c1ccc(Cl)cc1F)N1CCCCC1. The summed E-state index contributed by atoms with van der Waals surface area (Å²) < 4.78 is 13.9. The number of benzene rings is 1. The first kappa shape index (κ1) is 14.8. The molecule has 1 aliphatic heterocycles. The predicted octanol–water partition coefficient (Wildman–Crippen LogP) is 3.78. The number of halogens is 2. The second-order valence-corrected chi connectivity index (χ2v) is 6.21. The van der Waals surface area contributed by atoms with Gasteiger partial charge in [0.2, 0.25) is 0 Å². The van der Waals surface area contributed by atoms with E-state index in [9.17, 15) is 9.50 Å². The molecule has 1 fully saturated rings. The van der Waals surface area contributed by atoms with Crippen LogP contribution in [-0.2, 0) is 0 Å². The fourth-order valence-electron chi connectivity index (χ4n) is 2.75. The number of likely N-dealkylation sites (tertiary alicyclic amines) is 1. The first-order valence-electron chi connectivity index (χ1n) is 6.81. The Bertz CT molecular complexity index is 444. The molecule has 19 heavy (non-hydrogen) atoms. The maximum atomic E-state index is 13.9. The topological polar surface area (TPSA) is 23.5 Å². The normalized spacial score (nSPS) is 19.4. The van der Waals surface area contributed by atoms with Gasteiger partial charge in [0, 0.05) is 16.1 Å². The fourth-order valence-corrected chi connectivity index (χ4v) is 2.91. The molecule has 1 unspecified atom stereocenters. The van der Waals surface area contributed by atoms with Crippen molar-refractivity contribution in [3.63, 3.8) is 0 Å².